The van der Waals surface area contributed by atoms with Gasteiger partial charge in [-0.25, -0.2) is 0 Å². The lowest BCUT2D eigenvalue weighted by Crippen LogP contribution is -3.00. The fraction of sp³-hybridized carbons (Fsp3) is 1.00. The topological polar surface area (TPSA) is 31.5 Å². The van der Waals surface area contributed by atoms with Crippen molar-refractivity contribution in [2.75, 3.05) is 26.2 Å². The molecule has 0 aliphatic carbocycles. The first-order valence-corrected chi connectivity index (χ1v) is 4.09. The van der Waals surface area contributed by atoms with E-state index in [9.17, 15) is 0 Å². The van der Waals surface area contributed by atoms with Crippen LogP contribution in [0.15, 0.2) is 0 Å². The standard InChI is InChI=1S/C8H20N.BrH.H2O/c1-5-9(6-2,7-3)8-4;;/h5-8H2,1-4H3;1H;1H2/q+1;;/p-1. The van der Waals surface area contributed by atoms with Crippen LogP contribution in [0.3, 0.4) is 0 Å². The van der Waals surface area contributed by atoms with E-state index < -0.39 is 0 Å². The molecule has 72 valence electrons. The molecule has 2 nitrogen and oxygen atoms in total. The van der Waals surface area contributed by atoms with E-state index in [0.29, 0.717) is 0 Å². The minimum atomic E-state index is 0. The van der Waals surface area contributed by atoms with E-state index in [-0.39, 0.29) is 22.5 Å². The van der Waals surface area contributed by atoms with E-state index in [1.165, 1.54) is 30.7 Å². The number of quaternary nitrogens is 1. The highest BCUT2D eigenvalue weighted by atomic mass is 79.9. The minimum absolute atomic E-state index is 0. The summed E-state index contributed by atoms with van der Waals surface area (Å²) >= 11 is 0. The van der Waals surface area contributed by atoms with Gasteiger partial charge >= 0.3 is 0 Å². The average molecular weight is 228 g/mol. The second-order valence-electron chi connectivity index (χ2n) is 2.61. The maximum Gasteiger partial charge on any atom is 0.0757 e. The van der Waals surface area contributed by atoms with Gasteiger partial charge in [-0.2, -0.15) is 0 Å². The average Bonchev–Trinajstić information content (AvgIpc) is 1.95. The molecule has 2 N–H and O–H groups in total. The second-order valence-corrected chi connectivity index (χ2v) is 2.61. The quantitative estimate of drug-likeness (QED) is 0.502. The van der Waals surface area contributed by atoms with Gasteiger partial charge in [0.05, 0.1) is 26.2 Å². The fourth-order valence-electron chi connectivity index (χ4n) is 1.34. The molecule has 0 aliphatic rings. The van der Waals surface area contributed by atoms with Gasteiger partial charge in [0, 0.05) is 0 Å². The third kappa shape index (κ3) is 4.77. The Bertz CT molecular complexity index is 57.0. The summed E-state index contributed by atoms with van der Waals surface area (Å²) in [5.41, 5.74) is 0. The molecule has 0 heterocycles. The van der Waals surface area contributed by atoms with Crippen molar-refractivity contribution in [3.8, 4) is 0 Å². The first-order valence-electron chi connectivity index (χ1n) is 4.09. The van der Waals surface area contributed by atoms with Gasteiger partial charge in [-0.3, -0.25) is 0 Å². The Morgan fingerprint density at radius 1 is 0.727 bits per heavy atom. The van der Waals surface area contributed by atoms with Gasteiger partial charge in [0.1, 0.15) is 0 Å². The summed E-state index contributed by atoms with van der Waals surface area (Å²) in [6.07, 6.45) is 0. The van der Waals surface area contributed by atoms with E-state index in [1.807, 2.05) is 0 Å². The van der Waals surface area contributed by atoms with Crippen LogP contribution in [0.2, 0.25) is 0 Å². The highest BCUT2D eigenvalue weighted by molar-refractivity contribution is 4.31. The third-order valence-electron chi connectivity index (χ3n) is 2.68. The van der Waals surface area contributed by atoms with Crippen LogP contribution in [-0.4, -0.2) is 36.1 Å². The van der Waals surface area contributed by atoms with Crippen LogP contribution in [0.1, 0.15) is 27.7 Å². The lowest BCUT2D eigenvalue weighted by molar-refractivity contribution is -0.921. The smallest absolute Gasteiger partial charge is 0.0757 e. The Morgan fingerprint density at radius 2 is 0.909 bits per heavy atom. The van der Waals surface area contributed by atoms with Crippen molar-refractivity contribution in [2.45, 2.75) is 27.7 Å². The molecular formula is C8H22BrNO. The zero-order valence-corrected chi connectivity index (χ0v) is 9.74. The summed E-state index contributed by atoms with van der Waals surface area (Å²) in [6, 6.07) is 0. The molecule has 0 bridgehead atoms. The van der Waals surface area contributed by atoms with Crippen LogP contribution < -0.4 is 17.0 Å². The molecule has 0 saturated heterocycles. The lowest BCUT2D eigenvalue weighted by Gasteiger charge is -2.34. The van der Waals surface area contributed by atoms with E-state index >= 15 is 0 Å². The summed E-state index contributed by atoms with van der Waals surface area (Å²) in [5, 5.41) is 0. The van der Waals surface area contributed by atoms with Gasteiger partial charge in [-0.15, -0.1) is 0 Å². The van der Waals surface area contributed by atoms with Crippen LogP contribution >= 0.6 is 0 Å². The van der Waals surface area contributed by atoms with Crippen molar-refractivity contribution in [3.63, 3.8) is 0 Å². The first kappa shape index (κ1) is 17.5. The highest BCUT2D eigenvalue weighted by Crippen LogP contribution is 2.03. The molecule has 11 heavy (non-hydrogen) atoms. The Balaban J connectivity index is -0.000000320. The summed E-state index contributed by atoms with van der Waals surface area (Å²) < 4.78 is 1.28. The maximum atomic E-state index is 2.27. The van der Waals surface area contributed by atoms with Crippen molar-refractivity contribution in [1.82, 2.24) is 0 Å². The van der Waals surface area contributed by atoms with Crippen molar-refractivity contribution in [3.05, 3.63) is 0 Å². The molecule has 0 radical (unpaired) electrons. The van der Waals surface area contributed by atoms with Crippen molar-refractivity contribution >= 4 is 0 Å². The predicted molar refractivity (Wildman–Crippen MR) is 46.0 cm³/mol. The Labute approximate surface area is 81.3 Å². The Hall–Kier alpha value is 0.400. The molecule has 0 atom stereocenters. The zero-order valence-electron chi connectivity index (χ0n) is 8.15. The normalized spacial score (nSPS) is 9.82. The first-order chi connectivity index (χ1) is 4.24. The van der Waals surface area contributed by atoms with Crippen molar-refractivity contribution in [1.29, 1.82) is 0 Å². The molecular weight excluding hydrogens is 206 g/mol. The zero-order chi connectivity index (χ0) is 7.33. The SMILES string of the molecule is CC[N+](CC)(CC)CC.O.[Br-]. The molecule has 3 heteroatoms. The van der Waals surface area contributed by atoms with Gasteiger partial charge in [-0.05, 0) is 27.7 Å². The number of halogens is 1. The fourth-order valence-corrected chi connectivity index (χ4v) is 1.34. The summed E-state index contributed by atoms with van der Waals surface area (Å²) in [7, 11) is 0. The Morgan fingerprint density at radius 3 is 0.909 bits per heavy atom. The minimum Gasteiger partial charge on any atom is -1.00 e. The number of nitrogens with zero attached hydrogens (tertiary/aromatic N) is 1. The number of hydrogen-bond donors (Lipinski definition) is 0. The van der Waals surface area contributed by atoms with Crippen molar-refractivity contribution < 1.29 is 26.9 Å². The van der Waals surface area contributed by atoms with E-state index in [0.717, 1.165) is 0 Å². The molecule has 0 aromatic carbocycles. The third-order valence-corrected chi connectivity index (χ3v) is 2.68. The second kappa shape index (κ2) is 8.50. The van der Waals surface area contributed by atoms with Crippen LogP contribution in [-0.2, 0) is 0 Å². The molecule has 0 aromatic heterocycles. The monoisotopic (exact) mass is 227 g/mol. The molecule has 0 fully saturated rings. The van der Waals surface area contributed by atoms with Gasteiger partial charge in [0.15, 0.2) is 0 Å². The van der Waals surface area contributed by atoms with Crippen LogP contribution in [0, 0.1) is 0 Å². The molecule has 0 rings (SSSR count). The summed E-state index contributed by atoms with van der Waals surface area (Å²) in [5.74, 6) is 0. The molecule has 0 amide bonds. The molecule has 0 saturated carbocycles. The van der Waals surface area contributed by atoms with Crippen LogP contribution in [0.25, 0.3) is 0 Å². The van der Waals surface area contributed by atoms with E-state index in [4.69, 9.17) is 0 Å². The van der Waals surface area contributed by atoms with Gasteiger partial charge in [0.2, 0.25) is 0 Å². The van der Waals surface area contributed by atoms with Gasteiger partial charge in [0.25, 0.3) is 0 Å². The summed E-state index contributed by atoms with van der Waals surface area (Å²) in [6.45, 7) is 14.2. The Kier molecular flexibility index (Phi) is 13.5. The molecule has 0 aliphatic heterocycles. The molecule has 0 unspecified atom stereocenters. The van der Waals surface area contributed by atoms with Crippen LogP contribution in [0.5, 0.6) is 0 Å². The molecule has 0 spiro atoms. The van der Waals surface area contributed by atoms with Gasteiger partial charge in [-0.1, -0.05) is 0 Å². The molecule has 0 aromatic rings. The highest BCUT2D eigenvalue weighted by Gasteiger charge is 2.16. The van der Waals surface area contributed by atoms with Crippen molar-refractivity contribution in [2.24, 2.45) is 0 Å². The largest absolute Gasteiger partial charge is 1.00 e. The van der Waals surface area contributed by atoms with E-state index in [2.05, 4.69) is 27.7 Å². The number of hydrogen-bond acceptors (Lipinski definition) is 0. The summed E-state index contributed by atoms with van der Waals surface area (Å²) in [4.78, 5) is 0. The maximum absolute atomic E-state index is 2.27. The van der Waals surface area contributed by atoms with Crippen LogP contribution in [0.4, 0.5) is 0 Å². The predicted octanol–water partition coefficient (Wildman–Crippen LogP) is -1.94. The van der Waals surface area contributed by atoms with Gasteiger partial charge < -0.3 is 26.9 Å². The van der Waals surface area contributed by atoms with E-state index in [1.54, 1.807) is 0 Å². The lowest BCUT2D eigenvalue weighted by atomic mass is 10.3. The number of rotatable bonds is 4.